The van der Waals surface area contributed by atoms with Crippen LogP contribution in [0.25, 0.3) is 0 Å². The van der Waals surface area contributed by atoms with E-state index >= 15 is 0 Å². The number of rotatable bonds is 4. The van der Waals surface area contributed by atoms with Gasteiger partial charge in [0.1, 0.15) is 11.1 Å². The lowest BCUT2D eigenvalue weighted by Crippen LogP contribution is -2.06. The average Bonchev–Trinajstić information content (AvgIpc) is 2.88. The van der Waals surface area contributed by atoms with Crippen molar-refractivity contribution in [3.63, 3.8) is 0 Å². The average molecular weight is 272 g/mol. The third-order valence-electron chi connectivity index (χ3n) is 2.85. The van der Waals surface area contributed by atoms with Crippen molar-refractivity contribution in [2.45, 2.75) is 26.3 Å². The Labute approximate surface area is 116 Å². The van der Waals surface area contributed by atoms with Crippen LogP contribution in [0.5, 0.6) is 0 Å². The second-order valence-electron chi connectivity index (χ2n) is 4.30. The fourth-order valence-electron chi connectivity index (χ4n) is 1.75. The van der Waals surface area contributed by atoms with Crippen LogP contribution < -0.4 is 11.1 Å². The van der Waals surface area contributed by atoms with Crippen LogP contribution in [0, 0.1) is 11.3 Å². The van der Waals surface area contributed by atoms with Gasteiger partial charge in [0.15, 0.2) is 0 Å². The van der Waals surface area contributed by atoms with Gasteiger partial charge in [0, 0.05) is 16.8 Å². The molecule has 0 saturated carbocycles. The van der Waals surface area contributed by atoms with Crippen LogP contribution in [-0.2, 0) is 6.42 Å². The van der Waals surface area contributed by atoms with Gasteiger partial charge in [-0.15, -0.1) is 11.3 Å². The molecule has 1 aromatic heterocycles. The van der Waals surface area contributed by atoms with Crippen LogP contribution in [-0.4, -0.2) is 4.98 Å². The van der Waals surface area contributed by atoms with Gasteiger partial charge >= 0.3 is 0 Å². The SMILES string of the molecule is CCc1cnc(C(C)Nc2ccc(C#N)c(N)c2)s1. The molecule has 0 amide bonds. The van der Waals surface area contributed by atoms with Gasteiger partial charge in [-0.1, -0.05) is 6.92 Å². The summed E-state index contributed by atoms with van der Waals surface area (Å²) in [5.41, 5.74) is 7.69. The monoisotopic (exact) mass is 272 g/mol. The summed E-state index contributed by atoms with van der Waals surface area (Å²) in [5.74, 6) is 0. The van der Waals surface area contributed by atoms with Gasteiger partial charge in [0.25, 0.3) is 0 Å². The zero-order chi connectivity index (χ0) is 13.8. The van der Waals surface area contributed by atoms with Gasteiger partial charge in [-0.3, -0.25) is 0 Å². The first kappa shape index (κ1) is 13.4. The maximum atomic E-state index is 8.84. The summed E-state index contributed by atoms with van der Waals surface area (Å²) in [6.07, 6.45) is 2.93. The first-order valence-electron chi connectivity index (χ1n) is 6.14. The molecule has 1 unspecified atom stereocenters. The second-order valence-corrected chi connectivity index (χ2v) is 5.45. The van der Waals surface area contributed by atoms with Gasteiger partial charge in [-0.25, -0.2) is 4.98 Å². The molecule has 4 nitrogen and oxygen atoms in total. The molecule has 0 aliphatic heterocycles. The van der Waals surface area contributed by atoms with Gasteiger partial charge in [-0.05, 0) is 31.5 Å². The molecule has 1 heterocycles. The smallest absolute Gasteiger partial charge is 0.115 e. The molecule has 2 aromatic rings. The molecule has 1 atom stereocenters. The van der Waals surface area contributed by atoms with Crippen molar-refractivity contribution in [1.82, 2.24) is 4.98 Å². The molecule has 0 aliphatic carbocycles. The summed E-state index contributed by atoms with van der Waals surface area (Å²) in [6.45, 7) is 4.18. The van der Waals surface area contributed by atoms with Crippen LogP contribution in [0.3, 0.4) is 0 Å². The van der Waals surface area contributed by atoms with E-state index in [4.69, 9.17) is 11.0 Å². The molecular weight excluding hydrogens is 256 g/mol. The fraction of sp³-hybridized carbons (Fsp3) is 0.286. The minimum absolute atomic E-state index is 0.123. The molecule has 3 N–H and O–H groups in total. The second kappa shape index (κ2) is 5.72. The molecule has 2 rings (SSSR count). The van der Waals surface area contributed by atoms with Crippen molar-refractivity contribution in [2.24, 2.45) is 0 Å². The number of nitriles is 1. The van der Waals surface area contributed by atoms with Crippen molar-refractivity contribution < 1.29 is 0 Å². The molecule has 0 aliphatic rings. The van der Waals surface area contributed by atoms with Crippen molar-refractivity contribution in [3.8, 4) is 6.07 Å². The third-order valence-corrected chi connectivity index (χ3v) is 4.17. The van der Waals surface area contributed by atoms with Crippen LogP contribution >= 0.6 is 11.3 Å². The quantitative estimate of drug-likeness (QED) is 0.837. The van der Waals surface area contributed by atoms with E-state index in [0.717, 1.165) is 17.1 Å². The minimum Gasteiger partial charge on any atom is -0.398 e. The first-order chi connectivity index (χ1) is 9.13. The van der Waals surface area contributed by atoms with Crippen LogP contribution in [0.2, 0.25) is 0 Å². The summed E-state index contributed by atoms with van der Waals surface area (Å²) in [5, 5.41) is 13.2. The number of aryl methyl sites for hydroxylation is 1. The number of nitrogens with two attached hydrogens (primary N) is 1. The van der Waals surface area contributed by atoms with E-state index in [1.165, 1.54) is 4.88 Å². The topological polar surface area (TPSA) is 74.7 Å². The Morgan fingerprint density at radius 2 is 2.32 bits per heavy atom. The minimum atomic E-state index is 0.123. The Bertz CT molecular complexity index is 612. The number of aromatic nitrogens is 1. The Hall–Kier alpha value is -2.06. The van der Waals surface area contributed by atoms with Gasteiger partial charge < -0.3 is 11.1 Å². The largest absolute Gasteiger partial charge is 0.398 e. The zero-order valence-corrected chi connectivity index (χ0v) is 11.8. The van der Waals surface area contributed by atoms with Crippen LogP contribution in [0.4, 0.5) is 11.4 Å². The lowest BCUT2D eigenvalue weighted by atomic mass is 10.1. The highest BCUT2D eigenvalue weighted by molar-refractivity contribution is 7.11. The Morgan fingerprint density at radius 1 is 1.53 bits per heavy atom. The number of hydrogen-bond acceptors (Lipinski definition) is 5. The molecule has 98 valence electrons. The summed E-state index contributed by atoms with van der Waals surface area (Å²) in [4.78, 5) is 5.69. The number of benzene rings is 1. The molecular formula is C14H16N4S. The van der Waals surface area contributed by atoms with Crippen molar-refractivity contribution in [1.29, 1.82) is 5.26 Å². The number of hydrogen-bond donors (Lipinski definition) is 2. The van der Waals surface area contributed by atoms with E-state index in [1.807, 2.05) is 12.3 Å². The highest BCUT2D eigenvalue weighted by Crippen LogP contribution is 2.25. The molecule has 0 fully saturated rings. The molecule has 5 heteroatoms. The summed E-state index contributed by atoms with van der Waals surface area (Å²) in [7, 11) is 0. The standard InChI is InChI=1S/C14H16N4S/c1-3-12-8-17-14(19-12)9(2)18-11-5-4-10(7-15)13(16)6-11/h4-6,8-9,18H,3,16H2,1-2H3. The molecule has 0 spiro atoms. The molecule has 0 radical (unpaired) electrons. The van der Waals surface area contributed by atoms with Gasteiger partial charge in [-0.2, -0.15) is 5.26 Å². The van der Waals surface area contributed by atoms with Crippen molar-refractivity contribution in [2.75, 3.05) is 11.1 Å². The highest BCUT2D eigenvalue weighted by Gasteiger charge is 2.10. The van der Waals surface area contributed by atoms with E-state index in [2.05, 4.69) is 30.2 Å². The van der Waals surface area contributed by atoms with E-state index in [0.29, 0.717) is 11.3 Å². The maximum Gasteiger partial charge on any atom is 0.115 e. The Morgan fingerprint density at radius 3 is 2.89 bits per heavy atom. The number of nitrogens with one attached hydrogen (secondary N) is 1. The number of nitrogens with zero attached hydrogens (tertiary/aromatic N) is 2. The van der Waals surface area contributed by atoms with E-state index in [-0.39, 0.29) is 6.04 Å². The van der Waals surface area contributed by atoms with Gasteiger partial charge in [0.2, 0.25) is 0 Å². The zero-order valence-electron chi connectivity index (χ0n) is 11.0. The predicted molar refractivity (Wildman–Crippen MR) is 79.1 cm³/mol. The maximum absolute atomic E-state index is 8.84. The third kappa shape index (κ3) is 3.04. The lowest BCUT2D eigenvalue weighted by Gasteiger charge is -2.13. The number of thiazole rings is 1. The molecule has 19 heavy (non-hydrogen) atoms. The van der Waals surface area contributed by atoms with Crippen molar-refractivity contribution >= 4 is 22.7 Å². The van der Waals surface area contributed by atoms with E-state index in [1.54, 1.807) is 23.5 Å². The Balaban J connectivity index is 2.12. The van der Waals surface area contributed by atoms with Crippen LogP contribution in [0.15, 0.2) is 24.4 Å². The lowest BCUT2D eigenvalue weighted by molar-refractivity contribution is 0.869. The number of nitrogen functional groups attached to an aromatic ring is 1. The van der Waals surface area contributed by atoms with Crippen LogP contribution in [0.1, 0.15) is 35.3 Å². The Kier molecular flexibility index (Phi) is 4.03. The summed E-state index contributed by atoms with van der Waals surface area (Å²) < 4.78 is 0. The van der Waals surface area contributed by atoms with Crippen molar-refractivity contribution in [3.05, 3.63) is 39.8 Å². The van der Waals surface area contributed by atoms with Gasteiger partial charge in [0.05, 0.1) is 17.3 Å². The fourth-order valence-corrected chi connectivity index (χ4v) is 2.61. The number of anilines is 2. The normalized spacial score (nSPS) is 11.8. The van der Waals surface area contributed by atoms with E-state index < -0.39 is 0 Å². The summed E-state index contributed by atoms with van der Waals surface area (Å²) >= 11 is 1.71. The van der Waals surface area contributed by atoms with E-state index in [9.17, 15) is 0 Å². The first-order valence-corrected chi connectivity index (χ1v) is 6.96. The molecule has 0 saturated heterocycles. The molecule has 1 aromatic carbocycles. The summed E-state index contributed by atoms with van der Waals surface area (Å²) in [6, 6.07) is 7.55. The highest BCUT2D eigenvalue weighted by atomic mass is 32.1. The molecule has 0 bridgehead atoms. The predicted octanol–water partition coefficient (Wildman–Crippen LogP) is 3.33.